The second kappa shape index (κ2) is 10.4. The van der Waals surface area contributed by atoms with E-state index in [2.05, 4.69) is 4.99 Å². The highest BCUT2D eigenvalue weighted by Gasteiger charge is 2.44. The van der Waals surface area contributed by atoms with Crippen molar-refractivity contribution in [3.05, 3.63) is 41.1 Å². The lowest BCUT2D eigenvalue weighted by Crippen LogP contribution is -2.37. The molecule has 1 heterocycles. The van der Waals surface area contributed by atoms with Gasteiger partial charge in [-0.25, -0.2) is 4.79 Å². The summed E-state index contributed by atoms with van der Waals surface area (Å²) in [6, 6.07) is 5.59. The van der Waals surface area contributed by atoms with E-state index in [1.165, 1.54) is 38.3 Å². The molecule has 11 heteroatoms. The molecule has 174 valence electrons. The van der Waals surface area contributed by atoms with E-state index in [0.29, 0.717) is 5.71 Å². The van der Waals surface area contributed by atoms with Gasteiger partial charge < -0.3 is 19.5 Å². The molecule has 1 aliphatic rings. The fourth-order valence-electron chi connectivity index (χ4n) is 3.44. The number of anilines is 1. The second-order valence-corrected chi connectivity index (χ2v) is 6.90. The number of hydrogen-bond donors (Lipinski definition) is 1. The Hall–Kier alpha value is -3.21. The fourth-order valence-corrected chi connectivity index (χ4v) is 3.44. The molecule has 0 aromatic heterocycles. The number of nitrogens with one attached hydrogen (secondary N) is 1. The number of carbonyl (C=O) groups is 3. The molecule has 0 saturated heterocycles. The van der Waals surface area contributed by atoms with E-state index in [1.54, 1.807) is 6.92 Å². The number of hydrogen-bond acceptors (Lipinski definition) is 7. The van der Waals surface area contributed by atoms with Gasteiger partial charge in [0, 0.05) is 30.1 Å². The van der Waals surface area contributed by atoms with Gasteiger partial charge in [-0.05, 0) is 25.5 Å². The number of ether oxygens (including phenoxy) is 3. The number of benzene rings is 1. The van der Waals surface area contributed by atoms with E-state index < -0.39 is 35.9 Å². The van der Waals surface area contributed by atoms with Gasteiger partial charge in [-0.3, -0.25) is 14.6 Å². The van der Waals surface area contributed by atoms with Gasteiger partial charge in [0.25, 0.3) is 0 Å². The highest BCUT2D eigenvalue weighted by atomic mass is 19.4. The number of alkyl halides is 3. The lowest BCUT2D eigenvalue weighted by molar-refractivity contribution is -0.167. The van der Waals surface area contributed by atoms with Gasteiger partial charge in [-0.15, -0.1) is 0 Å². The maximum Gasteiger partial charge on any atom is 0.471 e. The molecule has 1 aromatic rings. The quantitative estimate of drug-likeness (QED) is 0.500. The average molecular weight is 456 g/mol. The van der Waals surface area contributed by atoms with Crippen LogP contribution in [0, 0.1) is 5.92 Å². The summed E-state index contributed by atoms with van der Waals surface area (Å²) in [7, 11) is 2.56. The molecule has 2 unspecified atom stereocenters. The first-order valence-electron chi connectivity index (χ1n) is 9.49. The Morgan fingerprint density at radius 1 is 1.09 bits per heavy atom. The fraction of sp³-hybridized carbons (Fsp3) is 0.429. The smallest absolute Gasteiger partial charge is 0.468 e. The van der Waals surface area contributed by atoms with E-state index in [9.17, 15) is 27.6 Å². The standard InChI is InChI=1S/C21H23F3N2O6/c1-11-15(18(27)31-4)17(16(12(2)25-11)19(28)32-10-9-30-3)13-7-5-6-8-14(13)26-20(29)21(22,23)24/h5-8,15,17H,9-10H2,1-4H3,(H,26,29). The number of aliphatic imine (C=N–C) groups is 1. The molecule has 2 rings (SSSR count). The van der Waals surface area contributed by atoms with Crippen molar-refractivity contribution in [2.45, 2.75) is 25.9 Å². The zero-order valence-electron chi connectivity index (χ0n) is 17.9. The minimum absolute atomic E-state index is 0.0317. The number of carbonyl (C=O) groups excluding carboxylic acids is 3. The van der Waals surface area contributed by atoms with Crippen LogP contribution < -0.4 is 5.32 Å². The van der Waals surface area contributed by atoms with Gasteiger partial charge in [-0.1, -0.05) is 18.2 Å². The maximum absolute atomic E-state index is 12.9. The van der Waals surface area contributed by atoms with Gasteiger partial charge in [0.2, 0.25) is 0 Å². The molecule has 2 atom stereocenters. The minimum Gasteiger partial charge on any atom is -0.468 e. The Labute approximate surface area is 182 Å². The minimum atomic E-state index is -5.13. The Morgan fingerprint density at radius 3 is 2.34 bits per heavy atom. The molecule has 0 fully saturated rings. The zero-order valence-corrected chi connectivity index (χ0v) is 17.9. The molecule has 0 saturated carbocycles. The molecule has 0 radical (unpaired) electrons. The summed E-state index contributed by atoms with van der Waals surface area (Å²) in [4.78, 5) is 41.4. The van der Waals surface area contributed by atoms with Crippen LogP contribution in [0.4, 0.5) is 18.9 Å². The topological polar surface area (TPSA) is 103 Å². The molecule has 1 amide bonds. The molecule has 0 spiro atoms. The van der Waals surface area contributed by atoms with Crippen LogP contribution in [0.3, 0.4) is 0 Å². The van der Waals surface area contributed by atoms with E-state index in [1.807, 2.05) is 5.32 Å². The van der Waals surface area contributed by atoms with Crippen molar-refractivity contribution in [3.63, 3.8) is 0 Å². The van der Waals surface area contributed by atoms with Crippen LogP contribution in [0.25, 0.3) is 0 Å². The number of halogens is 3. The van der Waals surface area contributed by atoms with Crippen LogP contribution in [0.1, 0.15) is 25.3 Å². The molecule has 1 aromatic carbocycles. The largest absolute Gasteiger partial charge is 0.471 e. The number of nitrogens with zero attached hydrogens (tertiary/aromatic N) is 1. The molecular weight excluding hydrogens is 433 g/mol. The monoisotopic (exact) mass is 456 g/mol. The summed E-state index contributed by atoms with van der Waals surface area (Å²) in [5, 5.41) is 1.82. The Bertz CT molecular complexity index is 955. The maximum atomic E-state index is 12.9. The summed E-state index contributed by atoms with van der Waals surface area (Å²) in [6.45, 7) is 3.09. The summed E-state index contributed by atoms with van der Waals surface area (Å²) < 4.78 is 53.5. The second-order valence-electron chi connectivity index (χ2n) is 6.90. The van der Waals surface area contributed by atoms with Crippen LogP contribution >= 0.6 is 0 Å². The average Bonchev–Trinajstić information content (AvgIpc) is 2.72. The van der Waals surface area contributed by atoms with Gasteiger partial charge in [0.05, 0.1) is 19.3 Å². The molecule has 0 aliphatic carbocycles. The van der Waals surface area contributed by atoms with Crippen molar-refractivity contribution in [3.8, 4) is 0 Å². The van der Waals surface area contributed by atoms with Crippen molar-refractivity contribution < 1.29 is 41.8 Å². The number of rotatable bonds is 7. The number of amides is 1. The Kier molecular flexibility index (Phi) is 8.14. The molecule has 32 heavy (non-hydrogen) atoms. The van der Waals surface area contributed by atoms with Crippen molar-refractivity contribution in [2.75, 3.05) is 32.8 Å². The van der Waals surface area contributed by atoms with Gasteiger partial charge in [0.15, 0.2) is 0 Å². The van der Waals surface area contributed by atoms with E-state index in [0.717, 1.165) is 7.11 Å². The predicted molar refractivity (Wildman–Crippen MR) is 108 cm³/mol. The third-order valence-corrected chi connectivity index (χ3v) is 4.83. The summed E-state index contributed by atoms with van der Waals surface area (Å²) in [6.07, 6.45) is -5.13. The first kappa shape index (κ1) is 25.1. The lowest BCUT2D eigenvalue weighted by Gasteiger charge is -2.32. The first-order chi connectivity index (χ1) is 15.0. The number of allylic oxidation sites excluding steroid dienone is 1. The van der Waals surface area contributed by atoms with Crippen molar-refractivity contribution in [1.29, 1.82) is 0 Å². The summed E-state index contributed by atoms with van der Waals surface area (Å²) in [5.74, 6) is -5.99. The predicted octanol–water partition coefficient (Wildman–Crippen LogP) is 3.00. The van der Waals surface area contributed by atoms with E-state index in [4.69, 9.17) is 14.2 Å². The first-order valence-corrected chi connectivity index (χ1v) is 9.49. The van der Waals surface area contributed by atoms with E-state index in [-0.39, 0.29) is 35.7 Å². The summed E-state index contributed by atoms with van der Waals surface area (Å²) in [5.41, 5.74) is 0.388. The molecule has 0 bridgehead atoms. The van der Waals surface area contributed by atoms with Crippen molar-refractivity contribution >= 4 is 29.2 Å². The zero-order chi connectivity index (χ0) is 24.1. The Morgan fingerprint density at radius 2 is 1.75 bits per heavy atom. The summed E-state index contributed by atoms with van der Waals surface area (Å²) >= 11 is 0. The van der Waals surface area contributed by atoms with Gasteiger partial charge in [0.1, 0.15) is 12.5 Å². The third-order valence-electron chi connectivity index (χ3n) is 4.83. The number of methoxy groups -OCH3 is 2. The molecule has 1 N–H and O–H groups in total. The van der Waals surface area contributed by atoms with Crippen LogP contribution in [0.5, 0.6) is 0 Å². The number of esters is 2. The molecular formula is C21H23F3N2O6. The van der Waals surface area contributed by atoms with Crippen molar-refractivity contribution in [1.82, 2.24) is 0 Å². The SMILES string of the molecule is COCCOC(=O)C1=C(C)N=C(C)C(C(=O)OC)C1c1ccccc1NC(=O)C(F)(F)F. The molecule has 1 aliphatic heterocycles. The molecule has 8 nitrogen and oxygen atoms in total. The van der Waals surface area contributed by atoms with Gasteiger partial charge in [-0.2, -0.15) is 13.2 Å². The van der Waals surface area contributed by atoms with Crippen molar-refractivity contribution in [2.24, 2.45) is 10.9 Å². The number of para-hydroxylation sites is 1. The highest BCUT2D eigenvalue weighted by molar-refractivity contribution is 6.07. The van der Waals surface area contributed by atoms with Gasteiger partial charge >= 0.3 is 24.0 Å². The Balaban J connectivity index is 2.63. The van der Waals surface area contributed by atoms with Crippen LogP contribution in [0.2, 0.25) is 0 Å². The lowest BCUT2D eigenvalue weighted by atomic mass is 9.75. The highest BCUT2D eigenvalue weighted by Crippen LogP contribution is 2.43. The van der Waals surface area contributed by atoms with E-state index >= 15 is 0 Å². The normalized spacial score (nSPS) is 18.7. The van der Waals surface area contributed by atoms with Crippen LogP contribution in [0.15, 0.2) is 40.5 Å². The van der Waals surface area contributed by atoms with Crippen LogP contribution in [-0.2, 0) is 28.6 Å². The van der Waals surface area contributed by atoms with Crippen LogP contribution in [-0.4, -0.2) is 57.2 Å². The third kappa shape index (κ3) is 5.52.